The highest BCUT2D eigenvalue weighted by atomic mass is 32.2. The quantitative estimate of drug-likeness (QED) is 0.831. The Hall–Kier alpha value is -1.32. The highest BCUT2D eigenvalue weighted by molar-refractivity contribution is 7.89. The van der Waals surface area contributed by atoms with E-state index in [-0.39, 0.29) is 13.1 Å². The molecule has 0 saturated carbocycles. The van der Waals surface area contributed by atoms with Gasteiger partial charge in [0, 0.05) is 13.1 Å². The summed E-state index contributed by atoms with van der Waals surface area (Å²) in [6.45, 7) is 1.18. The largest absolute Gasteiger partial charge is 0.573 e. The van der Waals surface area contributed by atoms with Crippen LogP contribution in [-0.2, 0) is 10.0 Å². The summed E-state index contributed by atoms with van der Waals surface area (Å²) >= 11 is 0. The van der Waals surface area contributed by atoms with Gasteiger partial charge in [0.2, 0.25) is 10.0 Å². The number of para-hydroxylation sites is 1. The molecule has 120 valence electrons. The Morgan fingerprint density at radius 2 is 1.86 bits per heavy atom. The average Bonchev–Trinajstić information content (AvgIpc) is 2.37. The van der Waals surface area contributed by atoms with Crippen molar-refractivity contribution < 1.29 is 31.4 Å². The van der Waals surface area contributed by atoms with Crippen molar-refractivity contribution in [2.24, 2.45) is 0 Å². The molecule has 0 fully saturated rings. The summed E-state index contributed by atoms with van der Waals surface area (Å²) in [7, 11) is -4.18. The first-order chi connectivity index (χ1) is 9.72. The van der Waals surface area contributed by atoms with Crippen molar-refractivity contribution in [2.45, 2.75) is 24.6 Å². The molecule has 0 aliphatic carbocycles. The van der Waals surface area contributed by atoms with Gasteiger partial charge in [0.1, 0.15) is 10.6 Å². The first kappa shape index (κ1) is 17.7. The molecule has 0 unspecified atom stereocenters. The van der Waals surface area contributed by atoms with Crippen LogP contribution in [0.3, 0.4) is 0 Å². The maximum absolute atomic E-state index is 12.4. The number of halogens is 3. The minimum absolute atomic E-state index is 0.0866. The first-order valence-electron chi connectivity index (χ1n) is 6.18. The number of hydrogen-bond acceptors (Lipinski definition) is 4. The van der Waals surface area contributed by atoms with Crippen LogP contribution in [-0.4, -0.2) is 43.9 Å². The lowest BCUT2D eigenvalue weighted by molar-refractivity contribution is -0.275. The summed E-state index contributed by atoms with van der Waals surface area (Å²) in [5.74, 6) is -0.788. The maximum atomic E-state index is 12.4. The Kier molecular flexibility index (Phi) is 5.99. The van der Waals surface area contributed by atoms with Crippen LogP contribution < -0.4 is 4.74 Å². The number of rotatable bonds is 7. The number of hydrogen-bond donors (Lipinski definition) is 1. The standard InChI is InChI=1S/C12H16F3NO4S/c1-2-7-16(8-9-17)21(18,19)11-6-4-3-5-10(11)20-12(13,14)15/h3-6,17H,2,7-9H2,1H3. The van der Waals surface area contributed by atoms with Gasteiger partial charge >= 0.3 is 6.36 Å². The van der Waals surface area contributed by atoms with Crippen molar-refractivity contribution in [3.05, 3.63) is 24.3 Å². The van der Waals surface area contributed by atoms with E-state index in [0.29, 0.717) is 6.42 Å². The molecule has 1 aromatic carbocycles. The van der Waals surface area contributed by atoms with E-state index in [1.165, 1.54) is 12.1 Å². The molecule has 1 N–H and O–H groups in total. The Balaban J connectivity index is 3.24. The molecule has 0 spiro atoms. The molecule has 0 heterocycles. The molecule has 0 atom stereocenters. The highest BCUT2D eigenvalue weighted by Crippen LogP contribution is 2.31. The Labute approximate surface area is 121 Å². The summed E-state index contributed by atoms with van der Waals surface area (Å²) < 4.78 is 66.5. The summed E-state index contributed by atoms with van der Waals surface area (Å²) in [4.78, 5) is -0.579. The molecule has 0 aromatic heterocycles. The second kappa shape index (κ2) is 7.10. The van der Waals surface area contributed by atoms with Gasteiger partial charge in [0.15, 0.2) is 0 Å². The summed E-state index contributed by atoms with van der Waals surface area (Å²) in [5, 5.41) is 8.91. The molecule has 5 nitrogen and oxygen atoms in total. The van der Waals surface area contributed by atoms with Crippen molar-refractivity contribution in [3.63, 3.8) is 0 Å². The van der Waals surface area contributed by atoms with Gasteiger partial charge in [-0.2, -0.15) is 4.31 Å². The van der Waals surface area contributed by atoms with E-state index in [1.807, 2.05) is 0 Å². The third-order valence-electron chi connectivity index (χ3n) is 2.52. The van der Waals surface area contributed by atoms with E-state index in [4.69, 9.17) is 5.11 Å². The van der Waals surface area contributed by atoms with Gasteiger partial charge in [-0.3, -0.25) is 0 Å². The summed E-state index contributed by atoms with van der Waals surface area (Å²) in [6.07, 6.45) is -4.53. The molecule has 0 saturated heterocycles. The molecule has 0 aliphatic heterocycles. The van der Waals surface area contributed by atoms with Gasteiger partial charge in [-0.1, -0.05) is 19.1 Å². The molecule has 0 amide bonds. The third kappa shape index (κ3) is 4.87. The van der Waals surface area contributed by atoms with Crippen LogP contribution in [0.4, 0.5) is 13.2 Å². The number of aliphatic hydroxyl groups excluding tert-OH is 1. The highest BCUT2D eigenvalue weighted by Gasteiger charge is 2.35. The fourth-order valence-electron chi connectivity index (χ4n) is 1.72. The third-order valence-corrected chi connectivity index (χ3v) is 4.45. The molecule has 21 heavy (non-hydrogen) atoms. The van der Waals surface area contributed by atoms with Gasteiger partial charge in [0.25, 0.3) is 0 Å². The van der Waals surface area contributed by atoms with Crippen molar-refractivity contribution in [1.82, 2.24) is 4.31 Å². The molecule has 1 rings (SSSR count). The average molecular weight is 327 g/mol. The predicted octanol–water partition coefficient (Wildman–Crippen LogP) is 1.98. The monoisotopic (exact) mass is 327 g/mol. The number of ether oxygens (including phenoxy) is 1. The molecule has 0 aliphatic rings. The molecule has 9 heteroatoms. The molecular weight excluding hydrogens is 311 g/mol. The van der Waals surface area contributed by atoms with Gasteiger partial charge in [-0.15, -0.1) is 13.2 Å². The van der Waals surface area contributed by atoms with Crippen LogP contribution in [0.5, 0.6) is 5.75 Å². The Bertz CT molecular complexity index is 554. The van der Waals surface area contributed by atoms with Crippen LogP contribution in [0, 0.1) is 0 Å². The topological polar surface area (TPSA) is 66.8 Å². The van der Waals surface area contributed by atoms with Gasteiger partial charge in [-0.05, 0) is 18.6 Å². The smallest absolute Gasteiger partial charge is 0.404 e. The van der Waals surface area contributed by atoms with Gasteiger partial charge in [-0.25, -0.2) is 8.42 Å². The van der Waals surface area contributed by atoms with E-state index in [1.54, 1.807) is 6.92 Å². The zero-order valence-electron chi connectivity index (χ0n) is 11.3. The van der Waals surface area contributed by atoms with Crippen LogP contribution in [0.2, 0.25) is 0 Å². The molecule has 1 aromatic rings. The maximum Gasteiger partial charge on any atom is 0.573 e. The zero-order valence-corrected chi connectivity index (χ0v) is 12.1. The van der Waals surface area contributed by atoms with Crippen LogP contribution in [0.15, 0.2) is 29.2 Å². The minimum Gasteiger partial charge on any atom is -0.404 e. The van der Waals surface area contributed by atoms with Gasteiger partial charge in [0.05, 0.1) is 6.61 Å². The van der Waals surface area contributed by atoms with Crippen molar-refractivity contribution in [2.75, 3.05) is 19.7 Å². The van der Waals surface area contributed by atoms with Crippen molar-refractivity contribution in [1.29, 1.82) is 0 Å². The fraction of sp³-hybridized carbons (Fsp3) is 0.500. The summed E-state index contributed by atoms with van der Waals surface area (Å²) in [5.41, 5.74) is 0. The zero-order chi connectivity index (χ0) is 16.1. The number of alkyl halides is 3. The number of sulfonamides is 1. The fourth-order valence-corrected chi connectivity index (χ4v) is 3.36. The second-order valence-corrected chi connectivity index (χ2v) is 6.03. The Morgan fingerprint density at radius 1 is 1.24 bits per heavy atom. The number of aliphatic hydroxyl groups is 1. The normalized spacial score (nSPS) is 12.7. The van der Waals surface area contributed by atoms with E-state index in [0.717, 1.165) is 16.4 Å². The van der Waals surface area contributed by atoms with Crippen LogP contribution in [0.1, 0.15) is 13.3 Å². The van der Waals surface area contributed by atoms with E-state index in [9.17, 15) is 21.6 Å². The van der Waals surface area contributed by atoms with Crippen LogP contribution in [0.25, 0.3) is 0 Å². The number of nitrogens with zero attached hydrogens (tertiary/aromatic N) is 1. The lowest BCUT2D eigenvalue weighted by Crippen LogP contribution is -2.34. The van der Waals surface area contributed by atoms with Gasteiger partial charge < -0.3 is 9.84 Å². The molecular formula is C12H16F3NO4S. The van der Waals surface area contributed by atoms with Crippen LogP contribution >= 0.6 is 0 Å². The second-order valence-electron chi connectivity index (χ2n) is 4.12. The molecule has 0 radical (unpaired) electrons. The lowest BCUT2D eigenvalue weighted by Gasteiger charge is -2.22. The van der Waals surface area contributed by atoms with E-state index in [2.05, 4.69) is 4.74 Å². The van der Waals surface area contributed by atoms with Crippen molar-refractivity contribution >= 4 is 10.0 Å². The molecule has 0 bridgehead atoms. The predicted molar refractivity (Wildman–Crippen MR) is 69.3 cm³/mol. The minimum atomic E-state index is -4.99. The summed E-state index contributed by atoms with van der Waals surface area (Å²) in [6, 6.07) is 4.52. The van der Waals surface area contributed by atoms with E-state index < -0.39 is 33.6 Å². The number of benzene rings is 1. The first-order valence-corrected chi connectivity index (χ1v) is 7.62. The van der Waals surface area contributed by atoms with E-state index >= 15 is 0 Å². The SMILES string of the molecule is CCCN(CCO)S(=O)(=O)c1ccccc1OC(F)(F)F. The lowest BCUT2D eigenvalue weighted by atomic mass is 10.3. The van der Waals surface area contributed by atoms with Crippen molar-refractivity contribution in [3.8, 4) is 5.75 Å². The Morgan fingerprint density at radius 3 is 2.38 bits per heavy atom.